The maximum Gasteiger partial charge on any atom is 0.177 e. The molecule has 0 saturated carbocycles. The number of phenolic OH excluding ortho intramolecular Hbond substituents is 2. The molecule has 4 aromatic rings. The van der Waals surface area contributed by atoms with E-state index in [9.17, 15) is 29.4 Å². The lowest BCUT2D eigenvalue weighted by Crippen LogP contribution is -2.33. The van der Waals surface area contributed by atoms with Crippen molar-refractivity contribution in [3.8, 4) is 11.5 Å². The van der Waals surface area contributed by atoms with Crippen LogP contribution < -0.4 is 0 Å². The largest absolute Gasteiger partial charge is 0.507 e. The Morgan fingerprint density at radius 3 is 1.14 bits per heavy atom. The number of benzene rings is 4. The average molecular weight is 493 g/mol. The van der Waals surface area contributed by atoms with Crippen LogP contribution in [0.5, 0.6) is 11.5 Å². The van der Waals surface area contributed by atoms with Gasteiger partial charge in [0.2, 0.25) is 0 Å². The minimum atomic E-state index is -1.44. The molecule has 0 saturated heterocycles. The van der Waals surface area contributed by atoms with Crippen molar-refractivity contribution >= 4 is 23.1 Å². The zero-order chi connectivity index (χ0) is 26.4. The number of hydrogen-bond acceptors (Lipinski definition) is 6. The van der Waals surface area contributed by atoms with Crippen LogP contribution in [0.25, 0.3) is 0 Å². The molecule has 0 bridgehead atoms. The average Bonchev–Trinajstić information content (AvgIpc) is 2.94. The third-order valence-corrected chi connectivity index (χ3v) is 6.19. The molecular formula is C31H24O6. The SMILES string of the molecule is O=C(c1ccccc1)C(CC(C(=O)c1ccccc1)C(=O)c1ccccc1O)C(=O)c1ccccc1O. The number of phenols is 2. The Morgan fingerprint density at radius 2 is 0.784 bits per heavy atom. The summed E-state index contributed by atoms with van der Waals surface area (Å²) >= 11 is 0. The van der Waals surface area contributed by atoms with E-state index in [0.29, 0.717) is 0 Å². The quantitative estimate of drug-likeness (QED) is 0.222. The van der Waals surface area contributed by atoms with Crippen LogP contribution in [0.3, 0.4) is 0 Å². The smallest absolute Gasteiger partial charge is 0.177 e. The molecule has 6 heteroatoms. The van der Waals surface area contributed by atoms with Crippen molar-refractivity contribution in [2.24, 2.45) is 11.8 Å². The summed E-state index contributed by atoms with van der Waals surface area (Å²) in [4.78, 5) is 54.5. The summed E-state index contributed by atoms with van der Waals surface area (Å²) in [6.07, 6.45) is -0.443. The van der Waals surface area contributed by atoms with Gasteiger partial charge in [-0.25, -0.2) is 0 Å². The highest BCUT2D eigenvalue weighted by molar-refractivity contribution is 6.20. The third-order valence-electron chi connectivity index (χ3n) is 6.19. The fourth-order valence-electron chi connectivity index (χ4n) is 4.25. The van der Waals surface area contributed by atoms with Gasteiger partial charge < -0.3 is 10.2 Å². The van der Waals surface area contributed by atoms with Crippen LogP contribution in [0.15, 0.2) is 109 Å². The maximum atomic E-state index is 13.6. The van der Waals surface area contributed by atoms with Gasteiger partial charge in [0.25, 0.3) is 0 Å². The van der Waals surface area contributed by atoms with Gasteiger partial charge in [-0.3, -0.25) is 19.2 Å². The highest BCUT2D eigenvalue weighted by atomic mass is 16.3. The van der Waals surface area contributed by atoms with Crippen LogP contribution in [0.4, 0.5) is 0 Å². The summed E-state index contributed by atoms with van der Waals surface area (Å²) < 4.78 is 0. The molecule has 0 heterocycles. The number of rotatable bonds is 10. The van der Waals surface area contributed by atoms with Crippen LogP contribution >= 0.6 is 0 Å². The standard InChI is InChI=1S/C31H24O6/c32-26-17-9-7-15-22(26)30(36)24(28(34)20-11-3-1-4-12-20)19-25(29(35)21-13-5-2-6-14-21)31(37)23-16-8-10-18-27(23)33/h1-18,24-25,32-33H,19H2. The minimum absolute atomic E-state index is 0.0855. The van der Waals surface area contributed by atoms with E-state index in [0.717, 1.165) is 0 Å². The maximum absolute atomic E-state index is 13.6. The van der Waals surface area contributed by atoms with Crippen molar-refractivity contribution in [2.45, 2.75) is 6.42 Å². The second kappa shape index (κ2) is 11.3. The van der Waals surface area contributed by atoms with Crippen molar-refractivity contribution < 1.29 is 29.4 Å². The van der Waals surface area contributed by atoms with Gasteiger partial charge >= 0.3 is 0 Å². The van der Waals surface area contributed by atoms with Crippen molar-refractivity contribution in [3.05, 3.63) is 131 Å². The van der Waals surface area contributed by atoms with Gasteiger partial charge in [-0.1, -0.05) is 84.9 Å². The molecular weight excluding hydrogens is 468 g/mol. The second-order valence-electron chi connectivity index (χ2n) is 8.56. The van der Waals surface area contributed by atoms with Crippen LogP contribution in [0.1, 0.15) is 47.9 Å². The van der Waals surface area contributed by atoms with Crippen LogP contribution in [-0.4, -0.2) is 33.3 Å². The summed E-state index contributed by atoms with van der Waals surface area (Å²) in [6, 6.07) is 27.9. The Balaban J connectivity index is 1.81. The van der Waals surface area contributed by atoms with Crippen molar-refractivity contribution in [2.75, 3.05) is 0 Å². The summed E-state index contributed by atoms with van der Waals surface area (Å²) in [5, 5.41) is 20.7. The van der Waals surface area contributed by atoms with E-state index in [-0.39, 0.29) is 33.8 Å². The van der Waals surface area contributed by atoms with Gasteiger partial charge in [0.1, 0.15) is 11.5 Å². The van der Waals surface area contributed by atoms with E-state index in [1.807, 2.05) is 0 Å². The van der Waals surface area contributed by atoms with Gasteiger partial charge in [-0.15, -0.1) is 0 Å². The highest BCUT2D eigenvalue weighted by Gasteiger charge is 2.38. The first-order valence-corrected chi connectivity index (χ1v) is 11.7. The van der Waals surface area contributed by atoms with E-state index in [1.165, 1.54) is 24.3 Å². The van der Waals surface area contributed by atoms with Crippen LogP contribution in [0.2, 0.25) is 0 Å². The van der Waals surface area contributed by atoms with Crippen molar-refractivity contribution in [1.29, 1.82) is 0 Å². The molecule has 0 amide bonds. The molecule has 4 aromatic carbocycles. The fourth-order valence-corrected chi connectivity index (χ4v) is 4.25. The van der Waals surface area contributed by atoms with E-state index >= 15 is 0 Å². The lowest BCUT2D eigenvalue weighted by molar-refractivity contribution is 0.0727. The number of Topliss-reactive ketones (excluding diaryl/α,β-unsaturated/α-hetero) is 4. The lowest BCUT2D eigenvalue weighted by atomic mass is 9.77. The first-order valence-electron chi connectivity index (χ1n) is 11.7. The Bertz CT molecular complexity index is 1330. The molecule has 0 aliphatic carbocycles. The first kappa shape index (κ1) is 25.3. The Kier molecular flexibility index (Phi) is 7.69. The van der Waals surface area contributed by atoms with E-state index in [2.05, 4.69) is 0 Å². The highest BCUT2D eigenvalue weighted by Crippen LogP contribution is 2.31. The number of ketones is 4. The molecule has 0 aliphatic rings. The molecule has 2 N–H and O–H groups in total. The lowest BCUT2D eigenvalue weighted by Gasteiger charge is -2.22. The summed E-state index contributed by atoms with van der Waals surface area (Å²) in [6.45, 7) is 0. The molecule has 0 radical (unpaired) electrons. The molecule has 2 unspecified atom stereocenters. The molecule has 0 aromatic heterocycles. The minimum Gasteiger partial charge on any atom is -0.507 e. The van der Waals surface area contributed by atoms with E-state index in [4.69, 9.17) is 0 Å². The zero-order valence-corrected chi connectivity index (χ0v) is 19.8. The van der Waals surface area contributed by atoms with Crippen molar-refractivity contribution in [1.82, 2.24) is 0 Å². The topological polar surface area (TPSA) is 109 Å². The predicted octanol–water partition coefficient (Wildman–Crippen LogP) is 5.55. The fraction of sp³-hybridized carbons (Fsp3) is 0.0968. The van der Waals surface area contributed by atoms with Gasteiger partial charge in [0, 0.05) is 11.1 Å². The second-order valence-corrected chi connectivity index (χ2v) is 8.56. The molecule has 37 heavy (non-hydrogen) atoms. The zero-order valence-electron chi connectivity index (χ0n) is 19.8. The Morgan fingerprint density at radius 1 is 0.459 bits per heavy atom. The number of hydrogen-bond donors (Lipinski definition) is 2. The number of carbonyl (C=O) groups excluding carboxylic acids is 4. The predicted molar refractivity (Wildman–Crippen MR) is 138 cm³/mol. The molecule has 184 valence electrons. The van der Waals surface area contributed by atoms with E-state index in [1.54, 1.807) is 84.9 Å². The molecule has 0 aliphatic heterocycles. The van der Waals surface area contributed by atoms with E-state index < -0.39 is 41.4 Å². The van der Waals surface area contributed by atoms with Gasteiger partial charge in [-0.05, 0) is 30.7 Å². The van der Waals surface area contributed by atoms with Crippen LogP contribution in [0, 0.1) is 11.8 Å². The number of aromatic hydroxyl groups is 2. The summed E-state index contributed by atoms with van der Waals surface area (Å²) in [5.74, 6) is -6.07. The van der Waals surface area contributed by atoms with Gasteiger partial charge in [-0.2, -0.15) is 0 Å². The molecule has 2 atom stereocenters. The third kappa shape index (κ3) is 5.54. The Hall–Kier alpha value is -4.84. The van der Waals surface area contributed by atoms with Crippen molar-refractivity contribution in [3.63, 3.8) is 0 Å². The monoisotopic (exact) mass is 492 g/mol. The first-order chi connectivity index (χ1) is 17.9. The molecule has 4 rings (SSSR count). The normalized spacial score (nSPS) is 12.3. The van der Waals surface area contributed by atoms with Gasteiger partial charge in [0.15, 0.2) is 23.1 Å². The summed E-state index contributed by atoms with van der Waals surface area (Å²) in [7, 11) is 0. The van der Waals surface area contributed by atoms with Gasteiger partial charge in [0.05, 0.1) is 23.0 Å². The number of carbonyl (C=O) groups is 4. The summed E-state index contributed by atoms with van der Waals surface area (Å²) in [5.41, 5.74) is 0.296. The Labute approximate surface area is 213 Å². The number of para-hydroxylation sites is 2. The van der Waals surface area contributed by atoms with Crippen LogP contribution in [-0.2, 0) is 0 Å². The molecule has 6 nitrogen and oxygen atoms in total. The molecule has 0 spiro atoms. The molecule has 0 fully saturated rings.